The Kier molecular flexibility index (Phi) is 9.49. The summed E-state index contributed by atoms with van der Waals surface area (Å²) in [7, 11) is 1.49. The number of carbonyl (C=O) groups excluding carboxylic acids is 4. The Morgan fingerprint density at radius 2 is 1.56 bits per heavy atom. The fraction of sp³-hybridized carbons (Fsp3) is 0.429. The predicted molar refractivity (Wildman–Crippen MR) is 135 cm³/mol. The van der Waals surface area contributed by atoms with Crippen LogP contribution in [0.4, 0.5) is 13.2 Å². The van der Waals surface area contributed by atoms with E-state index in [1.54, 1.807) is 48.6 Å². The number of alkyl halides is 3. The van der Waals surface area contributed by atoms with E-state index in [-0.39, 0.29) is 25.2 Å². The molecule has 4 atom stereocenters. The second kappa shape index (κ2) is 12.4. The summed E-state index contributed by atoms with van der Waals surface area (Å²) in [6.45, 7) is 2.97. The molecule has 0 saturated carbocycles. The van der Waals surface area contributed by atoms with Crippen LogP contribution in [0.2, 0.25) is 0 Å². The first kappa shape index (κ1) is 29.8. The largest absolute Gasteiger partial charge is 0.497 e. The van der Waals surface area contributed by atoms with Crippen LogP contribution in [0.3, 0.4) is 0 Å². The van der Waals surface area contributed by atoms with E-state index in [9.17, 15) is 32.3 Å². The van der Waals surface area contributed by atoms with Crippen molar-refractivity contribution < 1.29 is 41.8 Å². The van der Waals surface area contributed by atoms with Crippen LogP contribution in [-0.2, 0) is 36.8 Å². The maximum Gasteiger partial charge on any atom is 0.471 e. The molecule has 2 aromatic carbocycles. The number of halogens is 3. The second-order valence-corrected chi connectivity index (χ2v) is 9.75. The van der Waals surface area contributed by atoms with E-state index in [2.05, 4.69) is 5.32 Å². The number of ketones is 2. The Morgan fingerprint density at radius 1 is 0.974 bits per heavy atom. The van der Waals surface area contributed by atoms with Crippen molar-refractivity contribution >= 4 is 23.4 Å². The molecule has 2 aromatic rings. The number of epoxide rings is 1. The van der Waals surface area contributed by atoms with Gasteiger partial charge in [0.1, 0.15) is 11.4 Å². The van der Waals surface area contributed by atoms with Gasteiger partial charge in [0.15, 0.2) is 11.6 Å². The molecule has 1 fully saturated rings. The zero-order chi connectivity index (χ0) is 28.8. The molecule has 210 valence electrons. The number of nitrogens with one attached hydrogen (secondary N) is 2. The van der Waals surface area contributed by atoms with E-state index >= 15 is 0 Å². The lowest BCUT2D eigenvalue weighted by Crippen LogP contribution is -2.50. The van der Waals surface area contributed by atoms with E-state index in [0.717, 1.165) is 12.5 Å². The van der Waals surface area contributed by atoms with Gasteiger partial charge in [-0.15, -0.1) is 0 Å². The Hall–Kier alpha value is -3.73. The van der Waals surface area contributed by atoms with Crippen molar-refractivity contribution in [1.29, 1.82) is 0 Å². The van der Waals surface area contributed by atoms with Crippen LogP contribution >= 0.6 is 0 Å². The molecular formula is C28H31F3N2O6. The molecule has 1 aliphatic heterocycles. The highest BCUT2D eigenvalue weighted by molar-refractivity contribution is 5.98. The number of hydrogen-bond acceptors (Lipinski definition) is 6. The van der Waals surface area contributed by atoms with E-state index in [0.29, 0.717) is 11.3 Å². The SMILES string of the molecule is COc1ccc(CC(CC(=O)C(C)NC(=O)C(F)(F)F)C(=O)NC(Cc2ccccc2)C(=O)C2(C)CO2)cc1. The third kappa shape index (κ3) is 8.38. The van der Waals surface area contributed by atoms with Crippen molar-refractivity contribution in [3.63, 3.8) is 0 Å². The molecule has 1 heterocycles. The first-order chi connectivity index (χ1) is 18.3. The Balaban J connectivity index is 1.81. The summed E-state index contributed by atoms with van der Waals surface area (Å²) >= 11 is 0. The summed E-state index contributed by atoms with van der Waals surface area (Å²) < 4.78 is 48.5. The van der Waals surface area contributed by atoms with Crippen LogP contribution < -0.4 is 15.4 Å². The van der Waals surface area contributed by atoms with Crippen LogP contribution in [-0.4, -0.2) is 61.0 Å². The van der Waals surface area contributed by atoms with Crippen LogP contribution in [0.1, 0.15) is 31.4 Å². The Morgan fingerprint density at radius 3 is 2.10 bits per heavy atom. The highest BCUT2D eigenvalue weighted by atomic mass is 19.4. The fourth-order valence-corrected chi connectivity index (χ4v) is 4.05. The van der Waals surface area contributed by atoms with Crippen LogP contribution in [0.25, 0.3) is 0 Å². The highest BCUT2D eigenvalue weighted by Gasteiger charge is 2.50. The Bertz CT molecular complexity index is 1180. The molecule has 4 unspecified atom stereocenters. The predicted octanol–water partition coefficient (Wildman–Crippen LogP) is 2.97. The van der Waals surface area contributed by atoms with Crippen LogP contribution in [0, 0.1) is 5.92 Å². The second-order valence-electron chi connectivity index (χ2n) is 9.75. The quantitative estimate of drug-likeness (QED) is 0.372. The topological polar surface area (TPSA) is 114 Å². The molecular weight excluding hydrogens is 517 g/mol. The normalized spacial score (nSPS) is 18.8. The van der Waals surface area contributed by atoms with Crippen molar-refractivity contribution in [2.24, 2.45) is 5.92 Å². The molecule has 2 amide bonds. The van der Waals surface area contributed by atoms with E-state index in [1.807, 2.05) is 18.2 Å². The number of hydrogen-bond donors (Lipinski definition) is 2. The molecule has 11 heteroatoms. The fourth-order valence-electron chi connectivity index (χ4n) is 4.05. The number of carbonyl (C=O) groups is 4. The zero-order valence-corrected chi connectivity index (χ0v) is 21.8. The summed E-state index contributed by atoms with van der Waals surface area (Å²) in [5.41, 5.74) is 0.440. The third-order valence-electron chi connectivity index (χ3n) is 6.56. The number of amides is 2. The molecule has 8 nitrogen and oxygen atoms in total. The Labute approximate surface area is 224 Å². The van der Waals surface area contributed by atoms with Crippen LogP contribution in [0.15, 0.2) is 54.6 Å². The van der Waals surface area contributed by atoms with Crippen molar-refractivity contribution in [2.45, 2.75) is 57.0 Å². The van der Waals surface area contributed by atoms with Gasteiger partial charge in [-0.3, -0.25) is 19.2 Å². The monoisotopic (exact) mass is 548 g/mol. The summed E-state index contributed by atoms with van der Waals surface area (Å²) in [5, 5.41) is 4.38. The van der Waals surface area contributed by atoms with Gasteiger partial charge < -0.3 is 20.1 Å². The van der Waals surface area contributed by atoms with Crippen molar-refractivity contribution in [1.82, 2.24) is 10.6 Å². The molecule has 0 aromatic heterocycles. The van der Waals surface area contributed by atoms with Crippen molar-refractivity contribution in [3.8, 4) is 5.75 Å². The lowest BCUT2D eigenvalue weighted by molar-refractivity contribution is -0.174. The lowest BCUT2D eigenvalue weighted by atomic mass is 9.89. The minimum atomic E-state index is -5.15. The highest BCUT2D eigenvalue weighted by Crippen LogP contribution is 2.29. The van der Waals surface area contributed by atoms with E-state index < -0.39 is 53.8 Å². The van der Waals surface area contributed by atoms with Crippen LogP contribution in [0.5, 0.6) is 5.75 Å². The van der Waals surface area contributed by atoms with Gasteiger partial charge in [0.25, 0.3) is 0 Å². The molecule has 0 bridgehead atoms. The summed E-state index contributed by atoms with van der Waals surface area (Å²) in [4.78, 5) is 50.8. The molecule has 0 spiro atoms. The number of methoxy groups -OCH3 is 1. The average Bonchev–Trinajstić information content (AvgIpc) is 3.66. The summed E-state index contributed by atoms with van der Waals surface area (Å²) in [5.74, 6) is -4.40. The van der Waals surface area contributed by atoms with Gasteiger partial charge in [0, 0.05) is 12.3 Å². The zero-order valence-electron chi connectivity index (χ0n) is 21.8. The maximum atomic E-state index is 13.5. The molecule has 1 aliphatic rings. The van der Waals surface area contributed by atoms with Crippen molar-refractivity contribution in [2.75, 3.05) is 13.7 Å². The van der Waals surface area contributed by atoms with E-state index in [1.165, 1.54) is 7.11 Å². The first-order valence-corrected chi connectivity index (χ1v) is 12.4. The molecule has 3 rings (SSSR count). The van der Waals surface area contributed by atoms with Gasteiger partial charge in [-0.2, -0.15) is 13.2 Å². The number of ether oxygens (including phenoxy) is 2. The lowest BCUT2D eigenvalue weighted by Gasteiger charge is -2.24. The smallest absolute Gasteiger partial charge is 0.471 e. The number of benzene rings is 2. The molecule has 39 heavy (non-hydrogen) atoms. The van der Waals surface area contributed by atoms with Gasteiger partial charge in [-0.25, -0.2) is 0 Å². The number of rotatable bonds is 13. The van der Waals surface area contributed by atoms with E-state index in [4.69, 9.17) is 9.47 Å². The molecule has 1 saturated heterocycles. The summed E-state index contributed by atoms with van der Waals surface area (Å²) in [6.07, 6.45) is -5.37. The standard InChI is InChI=1S/C28H31F3N2O6/c1-17(32-26(37)28(29,30)31)23(34)15-20(13-19-9-11-21(38-3)12-10-19)25(36)33-22(24(35)27(2)16-39-27)14-18-7-5-4-6-8-18/h4-12,17,20,22H,13-16H2,1-3H3,(H,32,37)(H,33,36). The maximum absolute atomic E-state index is 13.5. The van der Waals surface area contributed by atoms with Crippen molar-refractivity contribution in [3.05, 3.63) is 65.7 Å². The average molecular weight is 549 g/mol. The summed E-state index contributed by atoms with van der Waals surface area (Å²) in [6, 6.07) is 13.3. The third-order valence-corrected chi connectivity index (χ3v) is 6.56. The molecule has 0 radical (unpaired) electrons. The van der Waals surface area contributed by atoms with Gasteiger partial charge in [-0.1, -0.05) is 42.5 Å². The van der Waals surface area contributed by atoms with Gasteiger partial charge in [0.2, 0.25) is 5.91 Å². The van der Waals surface area contributed by atoms with Gasteiger partial charge in [0.05, 0.1) is 25.8 Å². The number of Topliss-reactive ketones (excluding diaryl/α,β-unsaturated/α-hetero) is 2. The molecule has 0 aliphatic carbocycles. The van der Waals surface area contributed by atoms with Gasteiger partial charge in [-0.05, 0) is 49.9 Å². The van der Waals surface area contributed by atoms with Gasteiger partial charge >= 0.3 is 12.1 Å². The molecule has 2 N–H and O–H groups in total. The minimum Gasteiger partial charge on any atom is -0.497 e. The minimum absolute atomic E-state index is 0.0571. The first-order valence-electron chi connectivity index (χ1n) is 12.4.